The van der Waals surface area contributed by atoms with Crippen LogP contribution in [0.5, 0.6) is 0 Å². The van der Waals surface area contributed by atoms with Gasteiger partial charge in [-0.2, -0.15) is 0 Å². The van der Waals surface area contributed by atoms with Crippen LogP contribution in [-0.4, -0.2) is 120 Å². The van der Waals surface area contributed by atoms with E-state index in [0.29, 0.717) is 16.0 Å². The lowest BCUT2D eigenvalue weighted by Crippen LogP contribution is -2.63. The number of carboxylic acid groups (broad SMARTS) is 1. The van der Waals surface area contributed by atoms with E-state index in [9.17, 15) is 54.4 Å². The molecule has 6 rings (SSSR count). The maximum atomic E-state index is 14.3. The summed E-state index contributed by atoms with van der Waals surface area (Å²) in [6.45, 7) is 2.83. The Balaban J connectivity index is 1.18. The van der Waals surface area contributed by atoms with Crippen molar-refractivity contribution in [3.63, 3.8) is 0 Å². The fraction of sp³-hybridized carbons (Fsp3) is 0.459. The van der Waals surface area contributed by atoms with Gasteiger partial charge < -0.3 is 40.5 Å². The molecule has 2 aromatic carbocycles. The quantitative estimate of drug-likeness (QED) is 0.0453. The van der Waals surface area contributed by atoms with Gasteiger partial charge in [0, 0.05) is 65.9 Å². The number of nitrogens with zero attached hydrogens (tertiary/aromatic N) is 5. The molecule has 314 valence electrons. The summed E-state index contributed by atoms with van der Waals surface area (Å²) in [5.74, 6) is -5.45. The average Bonchev–Trinajstić information content (AvgIpc) is 3.91. The molecule has 0 saturated carbocycles. The maximum absolute atomic E-state index is 14.3. The molecule has 1 unspecified atom stereocenters. The minimum absolute atomic E-state index is 0.00123. The number of β-lactam (4-membered cyclic amide) rings is 1. The zero-order chi connectivity index (χ0) is 42.9. The van der Waals surface area contributed by atoms with Gasteiger partial charge in [0.25, 0.3) is 11.4 Å². The molecule has 0 spiro atoms. The Kier molecular flexibility index (Phi) is 12.4. The first-order valence-electron chi connectivity index (χ1n) is 18.6. The van der Waals surface area contributed by atoms with E-state index in [1.165, 1.54) is 70.2 Å². The lowest BCUT2D eigenvalue weighted by Gasteiger charge is -2.46. The number of nitro benzene ring substituents is 2. The molecular weight excluding hydrogens is 797 g/mol. The normalized spacial score (nSPS) is 24.5. The van der Waals surface area contributed by atoms with Gasteiger partial charge in [0.1, 0.15) is 31.0 Å². The monoisotopic (exact) mass is 838 g/mol. The molecule has 4 heterocycles. The summed E-state index contributed by atoms with van der Waals surface area (Å²) in [7, 11) is 0. The summed E-state index contributed by atoms with van der Waals surface area (Å²) in [4.78, 5) is 92.1. The second-order valence-corrected chi connectivity index (χ2v) is 16.1. The Morgan fingerprint density at radius 2 is 1.58 bits per heavy atom. The highest BCUT2D eigenvalue weighted by Crippen LogP contribution is 2.52. The molecule has 22 heteroatoms. The van der Waals surface area contributed by atoms with Gasteiger partial charge >= 0.3 is 18.0 Å². The fourth-order valence-corrected chi connectivity index (χ4v) is 9.61. The number of rotatable bonds is 14. The Hall–Kier alpha value is -6.29. The third-order valence-corrected chi connectivity index (χ3v) is 12.5. The third-order valence-electron chi connectivity index (χ3n) is 11.0. The molecule has 2 aromatic rings. The SMILES string of the molecule is C[C@@H](O)[C@H]1C(=O)N2C(C(=O)O)=C(S[C@H]3C[C@@H](C(=O)N4CC[C@H](C(NC(=N)N)C(=O)OCc5ccc([N+](=O)[O-])cc5)C4)N(C(=O)OCc4ccc([N+](=O)[O-])cc4)C3)[C@H](C)[C@H]12. The number of aliphatic carboxylic acids is 1. The maximum Gasteiger partial charge on any atom is 0.410 e. The topological polar surface area (TPSA) is 302 Å². The summed E-state index contributed by atoms with van der Waals surface area (Å²) < 4.78 is 11.0. The predicted octanol–water partition coefficient (Wildman–Crippen LogP) is 1.91. The number of nitrogens with one attached hydrogen (secondary N) is 2. The van der Waals surface area contributed by atoms with Crippen molar-refractivity contribution in [1.29, 1.82) is 5.41 Å². The molecule has 6 N–H and O–H groups in total. The minimum atomic E-state index is -1.33. The Morgan fingerprint density at radius 1 is 1.00 bits per heavy atom. The van der Waals surface area contributed by atoms with E-state index >= 15 is 0 Å². The van der Waals surface area contributed by atoms with Crippen LogP contribution in [0.3, 0.4) is 0 Å². The van der Waals surface area contributed by atoms with Crippen molar-refractivity contribution >= 4 is 58.9 Å². The smallest absolute Gasteiger partial charge is 0.410 e. The van der Waals surface area contributed by atoms with E-state index in [0.717, 1.165) is 11.8 Å². The fourth-order valence-electron chi connectivity index (χ4n) is 8.08. The molecule has 59 heavy (non-hydrogen) atoms. The number of thioether (sulfide) groups is 1. The van der Waals surface area contributed by atoms with Crippen molar-refractivity contribution in [2.45, 2.75) is 69.4 Å². The van der Waals surface area contributed by atoms with Gasteiger partial charge in [-0.15, -0.1) is 11.8 Å². The number of carbonyl (C=O) groups is 5. The Labute approximate surface area is 340 Å². The molecule has 0 aliphatic carbocycles. The molecule has 21 nitrogen and oxygen atoms in total. The zero-order valence-corrected chi connectivity index (χ0v) is 32.6. The molecule has 3 saturated heterocycles. The van der Waals surface area contributed by atoms with Gasteiger partial charge in [-0.1, -0.05) is 6.92 Å². The highest BCUT2D eigenvalue weighted by Gasteiger charge is 2.60. The third kappa shape index (κ3) is 8.77. The second kappa shape index (κ2) is 17.3. The first-order valence-corrected chi connectivity index (χ1v) is 19.5. The van der Waals surface area contributed by atoms with Gasteiger partial charge in [-0.05, 0) is 55.2 Å². The molecule has 4 aliphatic rings. The number of hydrogen-bond donors (Lipinski definition) is 5. The van der Waals surface area contributed by atoms with Gasteiger partial charge in [-0.3, -0.25) is 40.1 Å². The van der Waals surface area contributed by atoms with Crippen LogP contribution in [-0.2, 0) is 41.9 Å². The number of carbonyl (C=O) groups excluding carboxylic acids is 4. The number of guanidine groups is 1. The highest BCUT2D eigenvalue weighted by molar-refractivity contribution is 8.03. The van der Waals surface area contributed by atoms with Crippen LogP contribution in [0.1, 0.15) is 37.8 Å². The molecular formula is C37H42N8O13S. The Bertz CT molecular complexity index is 2080. The summed E-state index contributed by atoms with van der Waals surface area (Å²) >= 11 is 1.15. The van der Waals surface area contributed by atoms with E-state index < -0.39 is 92.9 Å². The summed E-state index contributed by atoms with van der Waals surface area (Å²) in [6, 6.07) is 7.95. The van der Waals surface area contributed by atoms with Crippen molar-refractivity contribution in [2.24, 2.45) is 23.5 Å². The van der Waals surface area contributed by atoms with Gasteiger partial charge in [0.05, 0.1) is 27.9 Å². The van der Waals surface area contributed by atoms with Crippen LogP contribution in [0.2, 0.25) is 0 Å². The number of amides is 3. The van der Waals surface area contributed by atoms with Crippen molar-refractivity contribution in [3.8, 4) is 0 Å². The van der Waals surface area contributed by atoms with Crippen LogP contribution in [0.15, 0.2) is 59.1 Å². The number of likely N-dealkylation sites (tertiary alicyclic amines) is 2. The van der Waals surface area contributed by atoms with Gasteiger partial charge in [0.15, 0.2) is 5.96 Å². The number of aliphatic hydroxyl groups excluding tert-OH is 1. The number of ether oxygens (including phenoxy) is 2. The molecule has 0 bridgehead atoms. The lowest BCUT2D eigenvalue weighted by molar-refractivity contribution is -0.385. The average molecular weight is 839 g/mol. The second-order valence-electron chi connectivity index (χ2n) is 14.8. The predicted molar refractivity (Wildman–Crippen MR) is 206 cm³/mol. The standard InChI is InChI=1S/C37H42N8O13S/c1-18-29-27(19(2)46)33(48)43(29)30(34(49)50)31(18)59-25-13-26(42(15-25)37(52)58-17-21-5-9-24(10-6-21)45(55)56)32(47)41-12-11-22(14-41)28(40-36(38)39)35(51)57-16-20-3-7-23(8-4-20)44(53)54/h3-10,18-19,22,25-29,46H,11-17H2,1-2H3,(H,49,50)(H4,38,39,40)/t18-,19-,22+,25+,26+,27-,28?,29-/m1/s1. The molecule has 4 aliphatic heterocycles. The summed E-state index contributed by atoms with van der Waals surface area (Å²) in [5, 5.41) is 52.4. The summed E-state index contributed by atoms with van der Waals surface area (Å²) in [5.41, 5.74) is 6.03. The molecule has 0 radical (unpaired) electrons. The van der Waals surface area contributed by atoms with Crippen molar-refractivity contribution in [2.75, 3.05) is 19.6 Å². The number of benzene rings is 2. The van der Waals surface area contributed by atoms with Crippen LogP contribution >= 0.6 is 11.8 Å². The number of carboxylic acids is 1. The summed E-state index contributed by atoms with van der Waals surface area (Å²) in [6.07, 6.45) is -1.54. The molecule has 3 fully saturated rings. The number of aliphatic hydroxyl groups is 1. The number of esters is 1. The van der Waals surface area contributed by atoms with Crippen molar-refractivity contribution < 1.29 is 53.5 Å². The van der Waals surface area contributed by atoms with E-state index in [1.807, 2.05) is 0 Å². The Morgan fingerprint density at radius 3 is 2.10 bits per heavy atom. The number of nitro groups is 2. The van der Waals surface area contributed by atoms with Crippen LogP contribution in [0.25, 0.3) is 0 Å². The van der Waals surface area contributed by atoms with Crippen molar-refractivity contribution in [1.82, 2.24) is 20.0 Å². The van der Waals surface area contributed by atoms with E-state index in [4.69, 9.17) is 20.6 Å². The van der Waals surface area contributed by atoms with Crippen LogP contribution in [0.4, 0.5) is 16.2 Å². The zero-order valence-electron chi connectivity index (χ0n) is 31.8. The van der Waals surface area contributed by atoms with Crippen LogP contribution in [0, 0.1) is 43.4 Å². The first kappa shape index (κ1) is 42.3. The van der Waals surface area contributed by atoms with E-state index in [1.54, 1.807) is 6.92 Å². The number of nitrogens with two attached hydrogens (primary N) is 1. The largest absolute Gasteiger partial charge is 0.477 e. The van der Waals surface area contributed by atoms with Crippen molar-refractivity contribution in [3.05, 3.63) is 90.5 Å². The number of non-ortho nitro benzene ring substituents is 2. The van der Waals surface area contributed by atoms with E-state index in [-0.39, 0.29) is 62.8 Å². The number of fused-ring (bicyclic) bond motifs is 1. The lowest BCUT2D eigenvalue weighted by atomic mass is 9.79. The number of hydrogen-bond acceptors (Lipinski definition) is 14. The highest BCUT2D eigenvalue weighted by atomic mass is 32.2. The molecule has 0 aromatic heterocycles. The molecule has 3 amide bonds. The van der Waals surface area contributed by atoms with Gasteiger partial charge in [0.2, 0.25) is 11.8 Å². The van der Waals surface area contributed by atoms with Gasteiger partial charge in [-0.25, -0.2) is 14.4 Å². The van der Waals surface area contributed by atoms with E-state index in [2.05, 4.69) is 5.32 Å². The minimum Gasteiger partial charge on any atom is -0.477 e. The van der Waals surface area contributed by atoms with Crippen LogP contribution < -0.4 is 11.1 Å². The molecule has 8 atom stereocenters. The first-order chi connectivity index (χ1) is 28.0.